The molecule has 0 saturated carbocycles. The van der Waals surface area contributed by atoms with Gasteiger partial charge in [0.15, 0.2) is 0 Å². The maximum Gasteiger partial charge on any atom is 0.274 e. The summed E-state index contributed by atoms with van der Waals surface area (Å²) >= 11 is 5.70. The molecule has 4 N–H and O–H groups in total. The third-order valence-corrected chi connectivity index (χ3v) is 2.52. The van der Waals surface area contributed by atoms with Gasteiger partial charge in [0.25, 0.3) is 10.2 Å². The summed E-state index contributed by atoms with van der Waals surface area (Å²) in [4.78, 5) is 0. The molecule has 0 aliphatic carbocycles. The molecule has 1 aromatic rings. The molecule has 0 fully saturated rings. The van der Waals surface area contributed by atoms with E-state index < -0.39 is 16.3 Å². The number of hydrogen-bond donors (Lipinski definition) is 3. The second-order valence-electron chi connectivity index (χ2n) is 2.96. The van der Waals surface area contributed by atoms with Crippen LogP contribution in [0.4, 0.5) is 0 Å². The Labute approximate surface area is 93.0 Å². The average Bonchev–Trinajstić information content (AvgIpc) is 2.13. The summed E-state index contributed by atoms with van der Waals surface area (Å²) in [6.07, 6.45) is -0.970. The van der Waals surface area contributed by atoms with Gasteiger partial charge in [-0.2, -0.15) is 13.1 Å². The van der Waals surface area contributed by atoms with Gasteiger partial charge in [0.05, 0.1) is 6.10 Å². The zero-order valence-electron chi connectivity index (χ0n) is 7.72. The monoisotopic (exact) mass is 250 g/mol. The zero-order chi connectivity index (χ0) is 11.5. The van der Waals surface area contributed by atoms with Crippen LogP contribution in [0.2, 0.25) is 5.02 Å². The van der Waals surface area contributed by atoms with Crippen molar-refractivity contribution in [2.45, 2.75) is 6.10 Å². The Bertz CT molecular complexity index is 435. The van der Waals surface area contributed by atoms with Crippen LogP contribution in [0.5, 0.6) is 0 Å². The van der Waals surface area contributed by atoms with E-state index in [0.29, 0.717) is 10.6 Å². The van der Waals surface area contributed by atoms with E-state index >= 15 is 0 Å². The molecule has 0 radical (unpaired) electrons. The molecule has 0 amide bonds. The van der Waals surface area contributed by atoms with E-state index in [-0.39, 0.29) is 6.54 Å². The highest BCUT2D eigenvalue weighted by molar-refractivity contribution is 7.87. The number of nitrogens with two attached hydrogens (primary N) is 1. The van der Waals surface area contributed by atoms with Gasteiger partial charge in [-0.25, -0.2) is 5.14 Å². The van der Waals surface area contributed by atoms with Gasteiger partial charge in [0, 0.05) is 11.6 Å². The van der Waals surface area contributed by atoms with Gasteiger partial charge in [-0.05, 0) is 17.7 Å². The number of rotatable bonds is 4. The van der Waals surface area contributed by atoms with E-state index in [1.807, 2.05) is 4.72 Å². The SMILES string of the molecule is NS(=O)(=O)NCC(O)c1cccc(Cl)c1. The Balaban J connectivity index is 2.65. The second kappa shape index (κ2) is 4.91. The largest absolute Gasteiger partial charge is 0.387 e. The first kappa shape index (κ1) is 12.4. The summed E-state index contributed by atoms with van der Waals surface area (Å²) in [5.74, 6) is 0. The first-order valence-corrected chi connectivity index (χ1v) is 6.02. The second-order valence-corrected chi connectivity index (χ2v) is 4.78. The van der Waals surface area contributed by atoms with E-state index in [9.17, 15) is 13.5 Å². The van der Waals surface area contributed by atoms with Crippen molar-refractivity contribution in [2.75, 3.05) is 6.54 Å². The minimum Gasteiger partial charge on any atom is -0.387 e. The minimum atomic E-state index is -3.78. The molecular weight excluding hydrogens is 240 g/mol. The predicted molar refractivity (Wildman–Crippen MR) is 57.5 cm³/mol. The fraction of sp³-hybridized carbons (Fsp3) is 0.250. The van der Waals surface area contributed by atoms with Crippen molar-refractivity contribution >= 4 is 21.8 Å². The first-order chi connectivity index (χ1) is 6.88. The molecule has 0 bridgehead atoms. The van der Waals surface area contributed by atoms with Crippen molar-refractivity contribution in [1.82, 2.24) is 4.72 Å². The molecule has 0 aromatic heterocycles. The Hall–Kier alpha value is -0.660. The van der Waals surface area contributed by atoms with Gasteiger partial charge in [0.2, 0.25) is 0 Å². The molecule has 1 atom stereocenters. The summed E-state index contributed by atoms with van der Waals surface area (Å²) < 4.78 is 23.1. The number of benzene rings is 1. The summed E-state index contributed by atoms with van der Waals surface area (Å²) in [5, 5.41) is 14.8. The highest BCUT2D eigenvalue weighted by atomic mass is 35.5. The number of halogens is 1. The molecule has 0 spiro atoms. The van der Waals surface area contributed by atoms with E-state index in [1.54, 1.807) is 24.3 Å². The first-order valence-electron chi connectivity index (χ1n) is 4.09. The quantitative estimate of drug-likeness (QED) is 0.711. The van der Waals surface area contributed by atoms with Crippen LogP contribution in [0.3, 0.4) is 0 Å². The Morgan fingerprint density at radius 2 is 2.20 bits per heavy atom. The van der Waals surface area contributed by atoms with Crippen LogP contribution in [-0.4, -0.2) is 20.1 Å². The third kappa shape index (κ3) is 4.59. The van der Waals surface area contributed by atoms with E-state index in [2.05, 4.69) is 0 Å². The van der Waals surface area contributed by atoms with E-state index in [0.717, 1.165) is 0 Å². The molecular formula is C8H11ClN2O3S. The lowest BCUT2D eigenvalue weighted by molar-refractivity contribution is 0.182. The Morgan fingerprint density at radius 3 is 2.73 bits per heavy atom. The normalized spacial score (nSPS) is 13.8. The van der Waals surface area contributed by atoms with E-state index in [4.69, 9.17) is 16.7 Å². The zero-order valence-corrected chi connectivity index (χ0v) is 9.29. The molecule has 15 heavy (non-hydrogen) atoms. The summed E-state index contributed by atoms with van der Waals surface area (Å²) in [6, 6.07) is 6.51. The lowest BCUT2D eigenvalue weighted by Gasteiger charge is -2.10. The minimum absolute atomic E-state index is 0.181. The summed E-state index contributed by atoms with van der Waals surface area (Å²) in [5.41, 5.74) is 0.527. The molecule has 1 unspecified atom stereocenters. The lowest BCUT2D eigenvalue weighted by Crippen LogP contribution is -2.34. The van der Waals surface area contributed by atoms with Crippen LogP contribution in [-0.2, 0) is 10.2 Å². The smallest absolute Gasteiger partial charge is 0.274 e. The van der Waals surface area contributed by atoms with Crippen molar-refractivity contribution in [3.05, 3.63) is 34.9 Å². The fourth-order valence-electron chi connectivity index (χ4n) is 1.03. The average molecular weight is 251 g/mol. The molecule has 7 heteroatoms. The molecule has 1 aromatic carbocycles. The highest BCUT2D eigenvalue weighted by Crippen LogP contribution is 2.16. The number of nitrogens with one attached hydrogen (secondary N) is 1. The lowest BCUT2D eigenvalue weighted by atomic mass is 10.1. The summed E-state index contributed by atoms with van der Waals surface area (Å²) in [6.45, 7) is -0.181. The molecule has 5 nitrogen and oxygen atoms in total. The topological polar surface area (TPSA) is 92.4 Å². The van der Waals surface area contributed by atoms with Gasteiger partial charge in [-0.1, -0.05) is 23.7 Å². The Kier molecular flexibility index (Phi) is 4.06. The van der Waals surface area contributed by atoms with Gasteiger partial charge >= 0.3 is 0 Å². The van der Waals surface area contributed by atoms with Crippen molar-refractivity contribution in [3.8, 4) is 0 Å². The van der Waals surface area contributed by atoms with Gasteiger partial charge in [-0.15, -0.1) is 0 Å². The van der Waals surface area contributed by atoms with Crippen molar-refractivity contribution in [2.24, 2.45) is 5.14 Å². The van der Waals surface area contributed by atoms with Gasteiger partial charge in [-0.3, -0.25) is 0 Å². The fourth-order valence-corrected chi connectivity index (χ4v) is 1.62. The van der Waals surface area contributed by atoms with Crippen molar-refractivity contribution in [1.29, 1.82) is 0 Å². The molecule has 1 rings (SSSR count). The molecule has 0 aliphatic rings. The molecule has 84 valence electrons. The summed E-state index contributed by atoms with van der Waals surface area (Å²) in [7, 11) is -3.78. The number of aliphatic hydroxyl groups is 1. The van der Waals surface area contributed by atoms with Gasteiger partial charge < -0.3 is 5.11 Å². The van der Waals surface area contributed by atoms with Crippen molar-refractivity contribution < 1.29 is 13.5 Å². The standard InChI is InChI=1S/C8H11ClN2O3S/c9-7-3-1-2-6(4-7)8(12)5-11-15(10,13)14/h1-4,8,11-12H,5H2,(H2,10,13,14). The molecule has 0 heterocycles. The van der Waals surface area contributed by atoms with Crippen LogP contribution in [0, 0.1) is 0 Å². The van der Waals surface area contributed by atoms with Crippen LogP contribution in [0.1, 0.15) is 11.7 Å². The molecule has 0 aliphatic heterocycles. The van der Waals surface area contributed by atoms with Crippen LogP contribution >= 0.6 is 11.6 Å². The van der Waals surface area contributed by atoms with Crippen molar-refractivity contribution in [3.63, 3.8) is 0 Å². The Morgan fingerprint density at radius 1 is 1.53 bits per heavy atom. The highest BCUT2D eigenvalue weighted by Gasteiger charge is 2.10. The van der Waals surface area contributed by atoms with Crippen LogP contribution < -0.4 is 9.86 Å². The number of hydrogen-bond acceptors (Lipinski definition) is 3. The maximum atomic E-state index is 10.6. The molecule has 0 saturated heterocycles. The maximum absolute atomic E-state index is 10.6. The van der Waals surface area contributed by atoms with Crippen LogP contribution in [0.15, 0.2) is 24.3 Å². The number of aliphatic hydroxyl groups excluding tert-OH is 1. The van der Waals surface area contributed by atoms with E-state index in [1.165, 1.54) is 0 Å². The van der Waals surface area contributed by atoms with Gasteiger partial charge in [0.1, 0.15) is 0 Å². The predicted octanol–water partition coefficient (Wildman–Crippen LogP) is 0.167. The van der Waals surface area contributed by atoms with Crippen LogP contribution in [0.25, 0.3) is 0 Å². The third-order valence-electron chi connectivity index (χ3n) is 1.71.